The van der Waals surface area contributed by atoms with E-state index in [9.17, 15) is 19.2 Å². The van der Waals surface area contributed by atoms with Crippen LogP contribution in [0.1, 0.15) is 70.2 Å². The molecular formula is C27H43N3O6S. The number of carbonyl (C=O) groups is 4. The molecule has 3 unspecified atom stereocenters. The number of hydrogen-bond acceptors (Lipinski definition) is 7. The Bertz CT molecular complexity index is 947. The van der Waals surface area contributed by atoms with Crippen LogP contribution in [0.5, 0.6) is 0 Å². The Morgan fingerprint density at radius 3 is 2.30 bits per heavy atom. The zero-order valence-electron chi connectivity index (χ0n) is 23.6. The van der Waals surface area contributed by atoms with Crippen molar-refractivity contribution in [3.63, 3.8) is 0 Å². The van der Waals surface area contributed by atoms with Crippen molar-refractivity contribution >= 4 is 35.6 Å². The molecule has 37 heavy (non-hydrogen) atoms. The maximum absolute atomic E-state index is 14.1. The lowest BCUT2D eigenvalue weighted by atomic mass is 9.94. The van der Waals surface area contributed by atoms with Gasteiger partial charge in [-0.1, -0.05) is 30.7 Å². The van der Waals surface area contributed by atoms with Crippen molar-refractivity contribution in [2.45, 2.75) is 85.0 Å². The maximum atomic E-state index is 14.1. The highest BCUT2D eigenvalue weighted by atomic mass is 32.2. The summed E-state index contributed by atoms with van der Waals surface area (Å²) in [6.45, 7) is 12.5. The van der Waals surface area contributed by atoms with Crippen molar-refractivity contribution in [3.8, 4) is 0 Å². The number of benzene rings is 1. The summed E-state index contributed by atoms with van der Waals surface area (Å²) in [5.74, 6) is -0.888. The summed E-state index contributed by atoms with van der Waals surface area (Å²) in [7, 11) is 1.24. The molecule has 208 valence electrons. The molecule has 0 fully saturated rings. The quantitative estimate of drug-likeness (QED) is 0.389. The Labute approximate surface area is 225 Å². The van der Waals surface area contributed by atoms with Gasteiger partial charge in [0.25, 0.3) is 0 Å². The number of hydrogen-bond donors (Lipinski definition) is 2. The summed E-state index contributed by atoms with van der Waals surface area (Å²) in [5.41, 5.74) is 1.76. The minimum atomic E-state index is -1.02. The third-order valence-electron chi connectivity index (χ3n) is 5.80. The van der Waals surface area contributed by atoms with Gasteiger partial charge >= 0.3 is 12.1 Å². The summed E-state index contributed by atoms with van der Waals surface area (Å²) in [5, 5.41) is 5.34. The summed E-state index contributed by atoms with van der Waals surface area (Å²) >= 11 is 1.55. The lowest BCUT2D eigenvalue weighted by Crippen LogP contribution is -2.56. The van der Waals surface area contributed by atoms with Crippen LogP contribution in [0.15, 0.2) is 18.2 Å². The summed E-state index contributed by atoms with van der Waals surface area (Å²) in [6.07, 6.45) is 2.14. The van der Waals surface area contributed by atoms with Crippen LogP contribution in [0.3, 0.4) is 0 Å². The number of aryl methyl sites for hydroxylation is 2. The number of methoxy groups -OCH3 is 1. The van der Waals surface area contributed by atoms with Crippen LogP contribution in [0.4, 0.5) is 4.79 Å². The maximum Gasteiger partial charge on any atom is 0.408 e. The van der Waals surface area contributed by atoms with Gasteiger partial charge in [-0.3, -0.25) is 14.4 Å². The van der Waals surface area contributed by atoms with E-state index in [4.69, 9.17) is 4.74 Å². The summed E-state index contributed by atoms with van der Waals surface area (Å²) < 4.78 is 10.1. The highest BCUT2D eigenvalue weighted by Crippen LogP contribution is 2.29. The lowest BCUT2D eigenvalue weighted by Gasteiger charge is -2.38. The van der Waals surface area contributed by atoms with Gasteiger partial charge in [0, 0.05) is 6.04 Å². The smallest absolute Gasteiger partial charge is 0.408 e. The van der Waals surface area contributed by atoms with Gasteiger partial charge in [0.1, 0.15) is 24.2 Å². The Morgan fingerprint density at radius 1 is 1.14 bits per heavy atom. The number of amides is 3. The Balaban J connectivity index is 3.56. The Morgan fingerprint density at radius 2 is 1.78 bits per heavy atom. The molecule has 0 aliphatic rings. The van der Waals surface area contributed by atoms with E-state index in [2.05, 4.69) is 15.4 Å². The second-order valence-corrected chi connectivity index (χ2v) is 11.0. The number of nitrogens with one attached hydrogen (secondary N) is 2. The third-order valence-corrected chi connectivity index (χ3v) is 6.44. The second-order valence-electron chi connectivity index (χ2n) is 10.0. The fraction of sp³-hybridized carbons (Fsp3) is 0.630. The first kappa shape index (κ1) is 32.3. The normalized spacial score (nSPS) is 13.6. The van der Waals surface area contributed by atoms with Gasteiger partial charge in [0.05, 0.1) is 7.11 Å². The fourth-order valence-corrected chi connectivity index (χ4v) is 4.27. The molecule has 0 aliphatic heterocycles. The van der Waals surface area contributed by atoms with E-state index in [-0.39, 0.29) is 12.6 Å². The standard InChI is InChI=1S/C27H43N3O6S/c1-10-19(4)30(25(33)21(13-14-37-9)29-26(34)36-27(5,6)7)23(24(32)28-16-22(31)35-8)20-12-11-17(2)15-18(20)3/h11-12,15,19,21,23H,10,13-14,16H2,1-9H3,(H,28,32)(H,29,34). The molecular weight excluding hydrogens is 494 g/mol. The minimum absolute atomic E-state index is 0.328. The zero-order chi connectivity index (χ0) is 28.3. The Hall–Kier alpha value is -2.75. The van der Waals surface area contributed by atoms with Crippen LogP contribution >= 0.6 is 11.8 Å². The van der Waals surface area contributed by atoms with Gasteiger partial charge in [-0.25, -0.2) is 4.79 Å². The van der Waals surface area contributed by atoms with Gasteiger partial charge in [0.2, 0.25) is 11.8 Å². The molecule has 1 aromatic carbocycles. The predicted molar refractivity (Wildman–Crippen MR) is 146 cm³/mol. The minimum Gasteiger partial charge on any atom is -0.468 e. The number of thioether (sulfide) groups is 1. The van der Waals surface area contributed by atoms with E-state index < -0.39 is 41.6 Å². The van der Waals surface area contributed by atoms with Crippen molar-refractivity contribution in [1.29, 1.82) is 0 Å². The van der Waals surface area contributed by atoms with Gasteiger partial charge < -0.3 is 25.0 Å². The molecule has 3 amide bonds. The summed E-state index contributed by atoms with van der Waals surface area (Å²) in [4.78, 5) is 53.6. The SMILES string of the molecule is CCC(C)N(C(=O)C(CCSC)NC(=O)OC(C)(C)C)C(C(=O)NCC(=O)OC)c1ccc(C)cc1C. The first-order chi connectivity index (χ1) is 17.2. The number of esters is 1. The van der Waals surface area contributed by atoms with Crippen molar-refractivity contribution in [2.24, 2.45) is 0 Å². The molecule has 1 rings (SSSR count). The lowest BCUT2D eigenvalue weighted by molar-refractivity contribution is -0.146. The number of nitrogens with zero attached hydrogens (tertiary/aromatic N) is 1. The Kier molecular flexibility index (Phi) is 13.0. The molecule has 0 saturated carbocycles. The van der Waals surface area contributed by atoms with E-state index in [0.29, 0.717) is 24.2 Å². The predicted octanol–water partition coefficient (Wildman–Crippen LogP) is 3.91. The average molecular weight is 538 g/mol. The van der Waals surface area contributed by atoms with E-state index in [1.807, 2.05) is 52.1 Å². The summed E-state index contributed by atoms with van der Waals surface area (Å²) in [6, 6.07) is 3.38. The topological polar surface area (TPSA) is 114 Å². The molecule has 2 N–H and O–H groups in total. The van der Waals surface area contributed by atoms with Crippen LogP contribution in [-0.2, 0) is 23.9 Å². The van der Waals surface area contributed by atoms with E-state index in [1.165, 1.54) is 12.0 Å². The van der Waals surface area contributed by atoms with Crippen LogP contribution in [0.2, 0.25) is 0 Å². The molecule has 3 atom stereocenters. The number of alkyl carbamates (subject to hydrolysis) is 1. The third kappa shape index (κ3) is 10.3. The molecule has 1 aromatic rings. The van der Waals surface area contributed by atoms with E-state index in [1.54, 1.807) is 32.5 Å². The van der Waals surface area contributed by atoms with Crippen molar-refractivity contribution in [1.82, 2.24) is 15.5 Å². The number of carbonyl (C=O) groups excluding carboxylic acids is 4. The van der Waals surface area contributed by atoms with Crippen molar-refractivity contribution in [3.05, 3.63) is 34.9 Å². The van der Waals surface area contributed by atoms with Crippen molar-refractivity contribution < 1.29 is 28.7 Å². The largest absolute Gasteiger partial charge is 0.468 e. The first-order valence-corrected chi connectivity index (χ1v) is 13.9. The van der Waals surface area contributed by atoms with Gasteiger partial charge in [0.15, 0.2) is 0 Å². The second kappa shape index (κ2) is 14.9. The van der Waals surface area contributed by atoms with Gasteiger partial charge in [-0.15, -0.1) is 0 Å². The van der Waals surface area contributed by atoms with Crippen LogP contribution in [0, 0.1) is 13.8 Å². The monoisotopic (exact) mass is 537 g/mol. The van der Waals surface area contributed by atoms with E-state index in [0.717, 1.165) is 11.1 Å². The molecule has 9 nitrogen and oxygen atoms in total. The molecule has 0 aromatic heterocycles. The average Bonchev–Trinajstić information content (AvgIpc) is 2.81. The molecule has 0 bridgehead atoms. The molecule has 0 aliphatic carbocycles. The van der Waals surface area contributed by atoms with Crippen LogP contribution < -0.4 is 10.6 Å². The first-order valence-electron chi connectivity index (χ1n) is 12.5. The number of ether oxygens (including phenoxy) is 2. The van der Waals surface area contributed by atoms with Gasteiger partial charge in [-0.05, 0) is 77.5 Å². The van der Waals surface area contributed by atoms with Gasteiger partial charge in [-0.2, -0.15) is 11.8 Å². The van der Waals surface area contributed by atoms with Crippen molar-refractivity contribution in [2.75, 3.05) is 25.7 Å². The molecule has 0 heterocycles. The molecule has 0 radical (unpaired) electrons. The fourth-order valence-electron chi connectivity index (χ4n) is 3.80. The van der Waals surface area contributed by atoms with E-state index >= 15 is 0 Å². The number of rotatable bonds is 12. The highest BCUT2D eigenvalue weighted by Gasteiger charge is 2.39. The van der Waals surface area contributed by atoms with Crippen LogP contribution in [-0.4, -0.2) is 72.1 Å². The highest BCUT2D eigenvalue weighted by molar-refractivity contribution is 7.98. The molecule has 10 heteroatoms. The van der Waals surface area contributed by atoms with Crippen LogP contribution in [0.25, 0.3) is 0 Å². The molecule has 0 spiro atoms. The zero-order valence-corrected chi connectivity index (χ0v) is 24.4. The molecule has 0 saturated heterocycles.